The molecular weight excluding hydrogens is 266 g/mol. The van der Waals surface area contributed by atoms with E-state index in [1.165, 1.54) is 20.0 Å². The van der Waals surface area contributed by atoms with Gasteiger partial charge in [0.25, 0.3) is 0 Å². The minimum absolute atomic E-state index is 0.312. The van der Waals surface area contributed by atoms with Crippen molar-refractivity contribution in [3.8, 4) is 0 Å². The first kappa shape index (κ1) is 17.2. The van der Waals surface area contributed by atoms with Gasteiger partial charge in [-0.3, -0.25) is 0 Å². The SMILES string of the molecule is COC(=O)c1ccccc1NCCCCCCCCC=O. The average molecular weight is 291 g/mol. The lowest BCUT2D eigenvalue weighted by Gasteiger charge is -2.10. The number of anilines is 1. The van der Waals surface area contributed by atoms with Gasteiger partial charge >= 0.3 is 5.97 Å². The number of aldehydes is 1. The van der Waals surface area contributed by atoms with Gasteiger partial charge < -0.3 is 14.8 Å². The molecule has 1 N–H and O–H groups in total. The van der Waals surface area contributed by atoms with Gasteiger partial charge in [0.15, 0.2) is 0 Å². The number of carbonyl (C=O) groups is 2. The van der Waals surface area contributed by atoms with Crippen molar-refractivity contribution in [2.24, 2.45) is 0 Å². The van der Waals surface area contributed by atoms with E-state index < -0.39 is 0 Å². The minimum Gasteiger partial charge on any atom is -0.465 e. The van der Waals surface area contributed by atoms with Gasteiger partial charge in [-0.2, -0.15) is 0 Å². The average Bonchev–Trinajstić information content (AvgIpc) is 2.53. The van der Waals surface area contributed by atoms with Crippen molar-refractivity contribution >= 4 is 17.9 Å². The first-order valence-electron chi connectivity index (χ1n) is 7.64. The molecule has 0 fully saturated rings. The molecule has 0 spiro atoms. The lowest BCUT2D eigenvalue weighted by Crippen LogP contribution is -2.09. The topological polar surface area (TPSA) is 55.4 Å². The molecule has 0 aromatic heterocycles. The molecule has 0 aliphatic rings. The molecule has 0 atom stereocenters. The van der Waals surface area contributed by atoms with Gasteiger partial charge in [-0.25, -0.2) is 4.79 Å². The maximum atomic E-state index is 11.6. The van der Waals surface area contributed by atoms with Gasteiger partial charge in [0.1, 0.15) is 6.29 Å². The maximum absolute atomic E-state index is 11.6. The Morgan fingerprint density at radius 3 is 2.48 bits per heavy atom. The number of rotatable bonds is 11. The standard InChI is InChI=1S/C17H25NO3/c1-21-17(20)15-11-7-8-12-16(15)18-13-9-5-3-2-4-6-10-14-19/h7-8,11-12,14,18H,2-6,9-10,13H2,1H3. The Balaban J connectivity index is 2.18. The lowest BCUT2D eigenvalue weighted by atomic mass is 10.1. The molecule has 0 amide bonds. The molecule has 0 aliphatic carbocycles. The Morgan fingerprint density at radius 2 is 1.76 bits per heavy atom. The van der Waals surface area contributed by atoms with Gasteiger partial charge in [-0.1, -0.05) is 37.8 Å². The van der Waals surface area contributed by atoms with Crippen LogP contribution >= 0.6 is 0 Å². The quantitative estimate of drug-likeness (QED) is 0.382. The number of nitrogens with one attached hydrogen (secondary N) is 1. The van der Waals surface area contributed by atoms with Crippen LogP contribution in [0.4, 0.5) is 5.69 Å². The zero-order chi connectivity index (χ0) is 15.3. The Bertz CT molecular complexity index is 432. The highest BCUT2D eigenvalue weighted by molar-refractivity contribution is 5.95. The van der Waals surface area contributed by atoms with Gasteiger partial charge in [-0.05, 0) is 25.0 Å². The Hall–Kier alpha value is -1.84. The summed E-state index contributed by atoms with van der Waals surface area (Å²) >= 11 is 0. The van der Waals surface area contributed by atoms with Crippen molar-refractivity contribution in [1.29, 1.82) is 0 Å². The molecule has 1 aromatic carbocycles. The first-order chi connectivity index (χ1) is 10.3. The molecule has 116 valence electrons. The van der Waals surface area contributed by atoms with Crippen LogP contribution in [0.5, 0.6) is 0 Å². The Labute approximate surface area is 126 Å². The van der Waals surface area contributed by atoms with Crippen LogP contribution in [0.25, 0.3) is 0 Å². The predicted octanol–water partition coefficient (Wildman–Crippen LogP) is 3.81. The number of unbranched alkanes of at least 4 members (excludes halogenated alkanes) is 6. The zero-order valence-electron chi connectivity index (χ0n) is 12.8. The van der Waals surface area contributed by atoms with Crippen LogP contribution in [0, 0.1) is 0 Å². The molecule has 1 rings (SSSR count). The summed E-state index contributed by atoms with van der Waals surface area (Å²) in [7, 11) is 1.39. The largest absolute Gasteiger partial charge is 0.465 e. The van der Waals surface area contributed by atoms with Gasteiger partial charge in [0.2, 0.25) is 0 Å². The normalized spacial score (nSPS) is 10.1. The van der Waals surface area contributed by atoms with Crippen molar-refractivity contribution < 1.29 is 14.3 Å². The van der Waals surface area contributed by atoms with E-state index >= 15 is 0 Å². The van der Waals surface area contributed by atoms with E-state index in [2.05, 4.69) is 5.32 Å². The summed E-state index contributed by atoms with van der Waals surface area (Å²) in [5.74, 6) is -0.312. The first-order valence-corrected chi connectivity index (χ1v) is 7.64. The third-order valence-corrected chi connectivity index (χ3v) is 3.40. The molecule has 0 aliphatic heterocycles. The summed E-state index contributed by atoms with van der Waals surface area (Å²) in [5, 5.41) is 3.29. The lowest BCUT2D eigenvalue weighted by molar-refractivity contribution is -0.107. The van der Waals surface area contributed by atoms with Crippen LogP contribution in [0.2, 0.25) is 0 Å². The molecule has 4 nitrogen and oxygen atoms in total. The van der Waals surface area contributed by atoms with Crippen molar-refractivity contribution in [3.63, 3.8) is 0 Å². The number of para-hydroxylation sites is 1. The Kier molecular flexibility index (Phi) is 8.93. The number of hydrogen-bond acceptors (Lipinski definition) is 4. The van der Waals surface area contributed by atoms with Crippen LogP contribution in [-0.2, 0) is 9.53 Å². The highest BCUT2D eigenvalue weighted by atomic mass is 16.5. The number of benzene rings is 1. The second-order valence-corrected chi connectivity index (χ2v) is 5.04. The third-order valence-electron chi connectivity index (χ3n) is 3.40. The fourth-order valence-electron chi connectivity index (χ4n) is 2.21. The van der Waals surface area contributed by atoms with E-state index in [1.54, 1.807) is 6.07 Å². The molecule has 0 saturated heterocycles. The molecule has 21 heavy (non-hydrogen) atoms. The van der Waals surface area contributed by atoms with Gasteiger partial charge in [0, 0.05) is 18.7 Å². The summed E-state index contributed by atoms with van der Waals surface area (Å²) in [4.78, 5) is 21.8. The molecule has 1 aromatic rings. The Morgan fingerprint density at radius 1 is 1.10 bits per heavy atom. The second-order valence-electron chi connectivity index (χ2n) is 5.04. The van der Waals surface area contributed by atoms with E-state index in [-0.39, 0.29) is 5.97 Å². The summed E-state index contributed by atoms with van der Waals surface area (Å²) < 4.78 is 4.76. The summed E-state index contributed by atoms with van der Waals surface area (Å²) in [6.45, 7) is 0.850. The maximum Gasteiger partial charge on any atom is 0.339 e. The zero-order valence-corrected chi connectivity index (χ0v) is 12.8. The fraction of sp³-hybridized carbons (Fsp3) is 0.529. The number of esters is 1. The smallest absolute Gasteiger partial charge is 0.339 e. The molecule has 0 radical (unpaired) electrons. The van der Waals surface area contributed by atoms with E-state index in [9.17, 15) is 9.59 Å². The molecule has 0 heterocycles. The van der Waals surface area contributed by atoms with Gasteiger partial charge in [0.05, 0.1) is 12.7 Å². The van der Waals surface area contributed by atoms with E-state index in [0.717, 1.165) is 44.2 Å². The van der Waals surface area contributed by atoms with E-state index in [0.29, 0.717) is 12.0 Å². The van der Waals surface area contributed by atoms with E-state index in [1.807, 2.05) is 18.2 Å². The summed E-state index contributed by atoms with van der Waals surface area (Å²) in [5.41, 5.74) is 1.41. The van der Waals surface area contributed by atoms with Crippen LogP contribution in [0.3, 0.4) is 0 Å². The van der Waals surface area contributed by atoms with E-state index in [4.69, 9.17) is 4.74 Å². The van der Waals surface area contributed by atoms with Crippen LogP contribution in [-0.4, -0.2) is 25.9 Å². The number of ether oxygens (including phenoxy) is 1. The van der Waals surface area contributed by atoms with Crippen molar-refractivity contribution in [3.05, 3.63) is 29.8 Å². The molecule has 4 heteroatoms. The molecular formula is C17H25NO3. The number of carbonyl (C=O) groups excluding carboxylic acids is 2. The highest BCUT2D eigenvalue weighted by Gasteiger charge is 2.09. The fourth-order valence-corrected chi connectivity index (χ4v) is 2.21. The van der Waals surface area contributed by atoms with Gasteiger partial charge in [-0.15, -0.1) is 0 Å². The highest BCUT2D eigenvalue weighted by Crippen LogP contribution is 2.16. The summed E-state index contributed by atoms with van der Waals surface area (Å²) in [6.07, 6.45) is 8.43. The summed E-state index contributed by atoms with van der Waals surface area (Å²) in [6, 6.07) is 7.39. The number of methoxy groups -OCH3 is 1. The van der Waals surface area contributed by atoms with Crippen molar-refractivity contribution in [2.45, 2.75) is 44.9 Å². The minimum atomic E-state index is -0.312. The molecule has 0 unspecified atom stereocenters. The predicted molar refractivity (Wildman–Crippen MR) is 84.7 cm³/mol. The van der Waals surface area contributed by atoms with Crippen molar-refractivity contribution in [2.75, 3.05) is 19.0 Å². The molecule has 0 saturated carbocycles. The van der Waals surface area contributed by atoms with Crippen LogP contribution < -0.4 is 5.32 Å². The monoisotopic (exact) mass is 291 g/mol. The van der Waals surface area contributed by atoms with Crippen LogP contribution in [0.15, 0.2) is 24.3 Å². The van der Waals surface area contributed by atoms with Crippen molar-refractivity contribution in [1.82, 2.24) is 0 Å². The number of hydrogen-bond donors (Lipinski definition) is 1. The molecule has 0 bridgehead atoms. The third kappa shape index (κ3) is 6.93. The second kappa shape index (κ2) is 10.9. The van der Waals surface area contributed by atoms with Crippen LogP contribution in [0.1, 0.15) is 55.3 Å².